The van der Waals surface area contributed by atoms with Crippen molar-refractivity contribution < 1.29 is 9.13 Å². The van der Waals surface area contributed by atoms with E-state index in [0.29, 0.717) is 6.61 Å². The highest BCUT2D eigenvalue weighted by Gasteiger charge is 2.19. The van der Waals surface area contributed by atoms with Gasteiger partial charge in [-0.25, -0.2) is 4.39 Å². The largest absolute Gasteiger partial charge is 0.490 e. The SMILES string of the molecule is Fc1c(Cl)cccc1OCCCCNC1CC1. The Bertz CT molecular complexity index is 368. The maximum atomic E-state index is 13.4. The van der Waals surface area contributed by atoms with Crippen molar-refractivity contribution in [3.63, 3.8) is 0 Å². The van der Waals surface area contributed by atoms with Crippen LogP contribution in [0.4, 0.5) is 4.39 Å². The molecular formula is C13H17ClFNO. The summed E-state index contributed by atoms with van der Waals surface area (Å²) in [5, 5.41) is 3.53. The van der Waals surface area contributed by atoms with Crippen molar-refractivity contribution in [2.75, 3.05) is 13.2 Å². The van der Waals surface area contributed by atoms with Gasteiger partial charge in [0.25, 0.3) is 0 Å². The molecule has 0 bridgehead atoms. The molecule has 4 heteroatoms. The molecule has 94 valence electrons. The first-order valence-electron chi connectivity index (χ1n) is 6.07. The lowest BCUT2D eigenvalue weighted by molar-refractivity contribution is 0.291. The Morgan fingerprint density at radius 3 is 2.94 bits per heavy atom. The van der Waals surface area contributed by atoms with Crippen molar-refractivity contribution >= 4 is 11.6 Å². The fourth-order valence-corrected chi connectivity index (χ4v) is 1.76. The first kappa shape index (κ1) is 12.7. The molecule has 0 radical (unpaired) electrons. The summed E-state index contributed by atoms with van der Waals surface area (Å²) in [6.07, 6.45) is 4.60. The van der Waals surface area contributed by atoms with Crippen molar-refractivity contribution in [2.45, 2.75) is 31.7 Å². The second kappa shape index (κ2) is 6.22. The molecule has 0 atom stereocenters. The molecule has 1 fully saturated rings. The van der Waals surface area contributed by atoms with Crippen LogP contribution in [0, 0.1) is 5.82 Å². The number of rotatable bonds is 7. The normalized spacial score (nSPS) is 14.9. The van der Waals surface area contributed by atoms with Crippen molar-refractivity contribution in [1.29, 1.82) is 0 Å². The molecule has 1 aromatic rings. The van der Waals surface area contributed by atoms with Gasteiger partial charge in [0, 0.05) is 6.04 Å². The number of halogens is 2. The van der Waals surface area contributed by atoms with Gasteiger partial charge in [0.05, 0.1) is 11.6 Å². The van der Waals surface area contributed by atoms with Crippen LogP contribution in [0.3, 0.4) is 0 Å². The molecule has 0 unspecified atom stereocenters. The quantitative estimate of drug-likeness (QED) is 0.756. The van der Waals surface area contributed by atoms with E-state index < -0.39 is 5.82 Å². The lowest BCUT2D eigenvalue weighted by atomic mass is 10.3. The van der Waals surface area contributed by atoms with Gasteiger partial charge < -0.3 is 10.1 Å². The summed E-state index contributed by atoms with van der Waals surface area (Å²) in [7, 11) is 0. The molecule has 0 saturated heterocycles. The fourth-order valence-electron chi connectivity index (χ4n) is 1.60. The highest BCUT2D eigenvalue weighted by molar-refractivity contribution is 6.30. The minimum absolute atomic E-state index is 0.109. The molecule has 1 aromatic carbocycles. The smallest absolute Gasteiger partial charge is 0.183 e. The Morgan fingerprint density at radius 2 is 2.18 bits per heavy atom. The Hall–Kier alpha value is -0.800. The summed E-state index contributed by atoms with van der Waals surface area (Å²) in [6.45, 7) is 1.55. The van der Waals surface area contributed by atoms with Crippen molar-refractivity contribution in [2.24, 2.45) is 0 Å². The zero-order valence-electron chi connectivity index (χ0n) is 9.72. The summed E-state index contributed by atoms with van der Waals surface area (Å²) in [4.78, 5) is 0. The van der Waals surface area contributed by atoms with E-state index in [1.54, 1.807) is 12.1 Å². The zero-order valence-corrected chi connectivity index (χ0v) is 10.5. The van der Waals surface area contributed by atoms with E-state index >= 15 is 0 Å². The summed E-state index contributed by atoms with van der Waals surface area (Å²) >= 11 is 5.65. The topological polar surface area (TPSA) is 21.3 Å². The van der Waals surface area contributed by atoms with Gasteiger partial charge in [-0.15, -0.1) is 0 Å². The van der Waals surface area contributed by atoms with E-state index in [1.165, 1.54) is 18.9 Å². The van der Waals surface area contributed by atoms with Gasteiger partial charge in [0.15, 0.2) is 11.6 Å². The van der Waals surface area contributed by atoms with E-state index in [4.69, 9.17) is 16.3 Å². The Morgan fingerprint density at radius 1 is 1.35 bits per heavy atom. The second-order valence-electron chi connectivity index (χ2n) is 4.34. The van der Waals surface area contributed by atoms with Crippen LogP contribution in [0.25, 0.3) is 0 Å². The van der Waals surface area contributed by atoms with Gasteiger partial charge in [-0.3, -0.25) is 0 Å². The third kappa shape index (κ3) is 4.17. The summed E-state index contributed by atoms with van der Waals surface area (Å²) < 4.78 is 18.8. The van der Waals surface area contributed by atoms with E-state index in [9.17, 15) is 4.39 Å². The highest BCUT2D eigenvalue weighted by Crippen LogP contribution is 2.24. The van der Waals surface area contributed by atoms with Crippen LogP contribution in [0.5, 0.6) is 5.75 Å². The highest BCUT2D eigenvalue weighted by atomic mass is 35.5. The third-order valence-corrected chi connectivity index (χ3v) is 3.05. The Labute approximate surface area is 106 Å². The lowest BCUT2D eigenvalue weighted by Gasteiger charge is -2.08. The molecule has 1 N–H and O–H groups in total. The molecule has 2 nitrogen and oxygen atoms in total. The van der Waals surface area contributed by atoms with Gasteiger partial charge in [0.1, 0.15) is 0 Å². The predicted octanol–water partition coefficient (Wildman–Crippen LogP) is 3.39. The molecule has 0 spiro atoms. The van der Waals surface area contributed by atoms with E-state index in [1.807, 2.05) is 0 Å². The average molecular weight is 258 g/mol. The second-order valence-corrected chi connectivity index (χ2v) is 4.74. The van der Waals surface area contributed by atoms with Gasteiger partial charge in [-0.2, -0.15) is 0 Å². The summed E-state index contributed by atoms with van der Waals surface area (Å²) in [5.41, 5.74) is 0. The van der Waals surface area contributed by atoms with Crippen LogP contribution in [0.1, 0.15) is 25.7 Å². The molecule has 0 heterocycles. The van der Waals surface area contributed by atoms with E-state index in [-0.39, 0.29) is 10.8 Å². The number of hydrogen-bond acceptors (Lipinski definition) is 2. The standard InChI is InChI=1S/C13H17ClFNO/c14-11-4-3-5-12(13(11)15)17-9-2-1-8-16-10-6-7-10/h3-5,10,16H,1-2,6-9H2. The van der Waals surface area contributed by atoms with E-state index in [0.717, 1.165) is 25.4 Å². The molecule has 0 aromatic heterocycles. The van der Waals surface area contributed by atoms with Crippen molar-refractivity contribution in [3.05, 3.63) is 29.0 Å². The molecule has 1 aliphatic rings. The fraction of sp³-hybridized carbons (Fsp3) is 0.538. The molecule has 1 saturated carbocycles. The summed E-state index contributed by atoms with van der Waals surface area (Å²) in [5.74, 6) is -0.224. The molecule has 0 aliphatic heterocycles. The van der Waals surface area contributed by atoms with Crippen LogP contribution in [-0.2, 0) is 0 Å². The monoisotopic (exact) mass is 257 g/mol. The molecule has 2 rings (SSSR count). The van der Waals surface area contributed by atoms with Gasteiger partial charge in [-0.1, -0.05) is 17.7 Å². The zero-order chi connectivity index (χ0) is 12.1. The molecule has 17 heavy (non-hydrogen) atoms. The predicted molar refractivity (Wildman–Crippen MR) is 67.2 cm³/mol. The van der Waals surface area contributed by atoms with Gasteiger partial charge in [-0.05, 0) is 44.4 Å². The van der Waals surface area contributed by atoms with Gasteiger partial charge >= 0.3 is 0 Å². The maximum Gasteiger partial charge on any atom is 0.183 e. The summed E-state index contributed by atoms with van der Waals surface area (Å²) in [6, 6.07) is 5.56. The lowest BCUT2D eigenvalue weighted by Crippen LogP contribution is -2.17. The molecular weight excluding hydrogens is 241 g/mol. The number of ether oxygens (including phenoxy) is 1. The first-order valence-corrected chi connectivity index (χ1v) is 6.45. The van der Waals surface area contributed by atoms with Crippen LogP contribution in [0.15, 0.2) is 18.2 Å². The van der Waals surface area contributed by atoms with Crippen LogP contribution >= 0.6 is 11.6 Å². The molecule has 0 amide bonds. The maximum absolute atomic E-state index is 13.4. The average Bonchev–Trinajstić information content (AvgIpc) is 3.12. The van der Waals surface area contributed by atoms with Crippen LogP contribution in [0.2, 0.25) is 5.02 Å². The third-order valence-electron chi connectivity index (χ3n) is 2.76. The van der Waals surface area contributed by atoms with Crippen LogP contribution < -0.4 is 10.1 Å². The number of benzene rings is 1. The number of nitrogens with one attached hydrogen (secondary N) is 1. The van der Waals surface area contributed by atoms with E-state index in [2.05, 4.69) is 5.32 Å². The minimum Gasteiger partial charge on any atom is -0.490 e. The Kier molecular flexibility index (Phi) is 4.63. The minimum atomic E-state index is -0.467. The van der Waals surface area contributed by atoms with Crippen molar-refractivity contribution in [1.82, 2.24) is 5.32 Å². The van der Waals surface area contributed by atoms with Crippen LogP contribution in [-0.4, -0.2) is 19.2 Å². The first-order chi connectivity index (χ1) is 8.27. The Balaban J connectivity index is 1.61. The number of unbranched alkanes of at least 4 members (excludes halogenated alkanes) is 1. The number of hydrogen-bond donors (Lipinski definition) is 1. The molecule has 1 aliphatic carbocycles. The van der Waals surface area contributed by atoms with Crippen molar-refractivity contribution in [3.8, 4) is 5.75 Å². The van der Waals surface area contributed by atoms with Gasteiger partial charge in [0.2, 0.25) is 0 Å².